The Hall–Kier alpha value is -3.52. The van der Waals surface area contributed by atoms with Gasteiger partial charge in [-0.05, 0) is 73.2 Å². The number of benzene rings is 2. The highest BCUT2D eigenvalue weighted by molar-refractivity contribution is 5.87. The van der Waals surface area contributed by atoms with E-state index in [1.165, 1.54) is 5.56 Å². The summed E-state index contributed by atoms with van der Waals surface area (Å²) in [5, 5.41) is 13.6. The van der Waals surface area contributed by atoms with Gasteiger partial charge in [0.05, 0.1) is 16.6 Å². The number of fused-ring (bicyclic) bond motifs is 3. The molecule has 31 heavy (non-hydrogen) atoms. The van der Waals surface area contributed by atoms with E-state index < -0.39 is 0 Å². The largest absolute Gasteiger partial charge is 0.378 e. The molecule has 5 nitrogen and oxygen atoms in total. The Kier molecular flexibility index (Phi) is 5.56. The zero-order valence-electron chi connectivity index (χ0n) is 18.9. The summed E-state index contributed by atoms with van der Waals surface area (Å²) in [6, 6.07) is 18.9. The maximum Gasteiger partial charge on any atom is 0.157 e. The average Bonchev–Trinajstić information content (AvgIpc) is 3.13. The molecule has 0 saturated carbocycles. The van der Waals surface area contributed by atoms with Crippen LogP contribution in [-0.2, 0) is 6.42 Å². The lowest BCUT2D eigenvalue weighted by molar-refractivity contribution is 0.585. The lowest BCUT2D eigenvalue weighted by Crippen LogP contribution is -2.10. The minimum absolute atomic E-state index is 0.576. The summed E-state index contributed by atoms with van der Waals surface area (Å²) < 4.78 is 2.12. The SMILES string of the molecule is Cc1c(CCC(C)C)c(Nc2ccc(N(C)C)cc2)n2c(nc3ccccc32)c1C#N. The maximum atomic E-state index is 9.98. The van der Waals surface area contributed by atoms with E-state index in [2.05, 4.69) is 64.9 Å². The number of pyridine rings is 1. The van der Waals surface area contributed by atoms with Crippen molar-refractivity contribution in [2.45, 2.75) is 33.6 Å². The third kappa shape index (κ3) is 3.82. The van der Waals surface area contributed by atoms with Gasteiger partial charge in [-0.2, -0.15) is 5.26 Å². The van der Waals surface area contributed by atoms with Crippen LogP contribution in [-0.4, -0.2) is 23.5 Å². The van der Waals surface area contributed by atoms with E-state index in [-0.39, 0.29) is 0 Å². The quantitative estimate of drug-likeness (QED) is 0.419. The van der Waals surface area contributed by atoms with Crippen molar-refractivity contribution in [3.8, 4) is 6.07 Å². The molecule has 0 spiro atoms. The fourth-order valence-corrected chi connectivity index (χ4v) is 4.03. The Morgan fingerprint density at radius 3 is 2.45 bits per heavy atom. The molecule has 0 amide bonds. The van der Waals surface area contributed by atoms with E-state index >= 15 is 0 Å². The van der Waals surface area contributed by atoms with Gasteiger partial charge in [0.1, 0.15) is 11.9 Å². The molecule has 4 rings (SSSR count). The standard InChI is InChI=1S/C26H29N5/c1-17(2)10-15-21-18(3)22(16-27)26-29-23-8-6-7-9-24(23)31(26)25(21)28-19-11-13-20(14-12-19)30(4)5/h6-9,11-14,17,28H,10,15H2,1-5H3. The van der Waals surface area contributed by atoms with Crippen molar-refractivity contribution in [1.82, 2.24) is 9.38 Å². The van der Waals surface area contributed by atoms with Gasteiger partial charge in [0, 0.05) is 25.5 Å². The molecule has 5 heteroatoms. The topological polar surface area (TPSA) is 56.4 Å². The van der Waals surface area contributed by atoms with Crippen LogP contribution in [0.15, 0.2) is 48.5 Å². The highest BCUT2D eigenvalue weighted by Gasteiger charge is 2.21. The van der Waals surface area contributed by atoms with Crippen LogP contribution in [0.25, 0.3) is 16.7 Å². The Morgan fingerprint density at radius 1 is 1.10 bits per heavy atom. The summed E-state index contributed by atoms with van der Waals surface area (Å²) in [5.74, 6) is 1.57. The van der Waals surface area contributed by atoms with Gasteiger partial charge in [0.15, 0.2) is 5.65 Å². The van der Waals surface area contributed by atoms with Gasteiger partial charge < -0.3 is 10.2 Å². The fraction of sp³-hybridized carbons (Fsp3) is 0.308. The van der Waals surface area contributed by atoms with Crippen LogP contribution < -0.4 is 10.2 Å². The van der Waals surface area contributed by atoms with Gasteiger partial charge in [0.2, 0.25) is 0 Å². The zero-order valence-corrected chi connectivity index (χ0v) is 18.9. The first-order valence-corrected chi connectivity index (χ1v) is 10.8. The third-order valence-corrected chi connectivity index (χ3v) is 5.85. The number of nitrogens with zero attached hydrogens (tertiary/aromatic N) is 4. The number of nitriles is 1. The minimum Gasteiger partial charge on any atom is -0.378 e. The first kappa shape index (κ1) is 20.7. The maximum absolute atomic E-state index is 9.98. The summed E-state index contributed by atoms with van der Waals surface area (Å²) in [7, 11) is 4.08. The van der Waals surface area contributed by atoms with Crippen LogP contribution in [0.4, 0.5) is 17.2 Å². The van der Waals surface area contributed by atoms with Crippen LogP contribution in [0, 0.1) is 24.2 Å². The predicted octanol–water partition coefficient (Wildman–Crippen LogP) is 6.07. The first-order chi connectivity index (χ1) is 14.9. The second kappa shape index (κ2) is 8.31. The number of imidazole rings is 1. The van der Waals surface area contributed by atoms with Crippen LogP contribution in [0.2, 0.25) is 0 Å². The van der Waals surface area contributed by atoms with Gasteiger partial charge in [0.25, 0.3) is 0 Å². The minimum atomic E-state index is 0.576. The van der Waals surface area contributed by atoms with Crippen molar-refractivity contribution in [2.75, 3.05) is 24.3 Å². The number of hydrogen-bond acceptors (Lipinski definition) is 4. The lowest BCUT2D eigenvalue weighted by atomic mass is 9.96. The summed E-state index contributed by atoms with van der Waals surface area (Å²) in [4.78, 5) is 6.91. The van der Waals surface area contributed by atoms with E-state index in [9.17, 15) is 5.26 Å². The van der Waals surface area contributed by atoms with E-state index in [4.69, 9.17) is 4.98 Å². The molecule has 0 saturated heterocycles. The number of para-hydroxylation sites is 2. The lowest BCUT2D eigenvalue weighted by Gasteiger charge is -2.20. The molecule has 0 atom stereocenters. The molecule has 0 aliphatic heterocycles. The van der Waals surface area contributed by atoms with Crippen molar-refractivity contribution in [3.05, 3.63) is 65.2 Å². The molecule has 0 fully saturated rings. The van der Waals surface area contributed by atoms with E-state index in [1.807, 2.05) is 39.2 Å². The third-order valence-electron chi connectivity index (χ3n) is 5.85. The van der Waals surface area contributed by atoms with E-state index in [0.29, 0.717) is 17.1 Å². The second-order valence-electron chi connectivity index (χ2n) is 8.70. The molecule has 2 aromatic carbocycles. The summed E-state index contributed by atoms with van der Waals surface area (Å²) in [5.41, 5.74) is 7.62. The highest BCUT2D eigenvalue weighted by Crippen LogP contribution is 2.34. The molecule has 0 aliphatic rings. The molecule has 0 unspecified atom stereocenters. The van der Waals surface area contributed by atoms with Crippen LogP contribution in [0.3, 0.4) is 0 Å². The molecule has 2 heterocycles. The van der Waals surface area contributed by atoms with Gasteiger partial charge in [-0.25, -0.2) is 4.98 Å². The van der Waals surface area contributed by atoms with Gasteiger partial charge >= 0.3 is 0 Å². The predicted molar refractivity (Wildman–Crippen MR) is 129 cm³/mol. The van der Waals surface area contributed by atoms with Crippen LogP contribution >= 0.6 is 0 Å². The van der Waals surface area contributed by atoms with E-state index in [1.54, 1.807) is 0 Å². The summed E-state index contributed by atoms with van der Waals surface area (Å²) >= 11 is 0. The molecule has 0 aliphatic carbocycles. The Labute approximate surface area is 183 Å². The van der Waals surface area contributed by atoms with Gasteiger partial charge in [-0.15, -0.1) is 0 Å². The van der Waals surface area contributed by atoms with Crippen LogP contribution in [0.5, 0.6) is 0 Å². The summed E-state index contributed by atoms with van der Waals surface area (Å²) in [6.45, 7) is 6.52. The zero-order chi connectivity index (χ0) is 22.1. The fourth-order valence-electron chi connectivity index (χ4n) is 4.03. The summed E-state index contributed by atoms with van der Waals surface area (Å²) in [6.07, 6.45) is 1.96. The highest BCUT2D eigenvalue weighted by atomic mass is 15.1. The molecular weight excluding hydrogens is 382 g/mol. The van der Waals surface area contributed by atoms with Gasteiger partial charge in [-0.1, -0.05) is 26.0 Å². The van der Waals surface area contributed by atoms with Crippen molar-refractivity contribution < 1.29 is 0 Å². The normalized spacial score (nSPS) is 11.3. The monoisotopic (exact) mass is 411 g/mol. The van der Waals surface area contributed by atoms with Crippen molar-refractivity contribution >= 4 is 33.9 Å². The molecule has 1 N–H and O–H groups in total. The van der Waals surface area contributed by atoms with Crippen molar-refractivity contribution in [2.24, 2.45) is 5.92 Å². The number of anilines is 3. The first-order valence-electron chi connectivity index (χ1n) is 10.8. The molecule has 2 aromatic heterocycles. The van der Waals surface area contributed by atoms with E-state index in [0.717, 1.165) is 46.6 Å². The van der Waals surface area contributed by atoms with Gasteiger partial charge in [-0.3, -0.25) is 4.40 Å². The second-order valence-corrected chi connectivity index (χ2v) is 8.70. The number of hydrogen-bond donors (Lipinski definition) is 1. The molecule has 0 bridgehead atoms. The molecule has 0 radical (unpaired) electrons. The Morgan fingerprint density at radius 2 is 1.81 bits per heavy atom. The number of aromatic nitrogens is 2. The molecule has 158 valence electrons. The number of rotatable bonds is 6. The Balaban J connectivity index is 1.97. The smallest absolute Gasteiger partial charge is 0.157 e. The molecular formula is C26H29N5. The van der Waals surface area contributed by atoms with Crippen LogP contribution in [0.1, 0.15) is 37.0 Å². The molecule has 4 aromatic rings. The average molecular weight is 412 g/mol. The Bertz CT molecular complexity index is 1270. The van der Waals surface area contributed by atoms with Crippen molar-refractivity contribution in [1.29, 1.82) is 5.26 Å². The van der Waals surface area contributed by atoms with Crippen molar-refractivity contribution in [3.63, 3.8) is 0 Å². The number of nitrogens with one attached hydrogen (secondary N) is 1.